The van der Waals surface area contributed by atoms with Gasteiger partial charge in [-0.25, -0.2) is 5.48 Å². The fourth-order valence-electron chi connectivity index (χ4n) is 3.60. The molecule has 0 bridgehead atoms. The molecule has 33 heavy (non-hydrogen) atoms. The lowest BCUT2D eigenvalue weighted by atomic mass is 9.97. The highest BCUT2D eigenvalue weighted by Gasteiger charge is 2.29. The number of carbonyl (C=O) groups is 2. The third-order valence-corrected chi connectivity index (χ3v) is 5.63. The number of hydroxylamine groups is 1. The third kappa shape index (κ3) is 5.86. The number of fused-ring (bicyclic) bond motifs is 1. The molecule has 0 aliphatic carbocycles. The fraction of sp³-hybridized carbons (Fsp3) is 0.304. The van der Waals surface area contributed by atoms with Gasteiger partial charge >= 0.3 is 0 Å². The van der Waals surface area contributed by atoms with Crippen LogP contribution in [0.25, 0.3) is 10.9 Å². The van der Waals surface area contributed by atoms with Gasteiger partial charge < -0.3 is 15.6 Å². The van der Waals surface area contributed by atoms with Gasteiger partial charge in [-0.3, -0.25) is 24.9 Å². The predicted octanol–water partition coefficient (Wildman–Crippen LogP) is 3.14. The van der Waals surface area contributed by atoms with Crippen LogP contribution in [-0.4, -0.2) is 39.0 Å². The number of rotatable bonds is 10. The lowest BCUT2D eigenvalue weighted by molar-refractivity contribution is -0.384. The number of nitrogens with one attached hydrogen (secondary N) is 4. The molecule has 0 radical (unpaired) electrons. The van der Waals surface area contributed by atoms with Crippen LogP contribution >= 0.6 is 0 Å². The molecule has 3 aromatic rings. The zero-order chi connectivity index (χ0) is 24.0. The molecule has 0 fully saturated rings. The number of anilines is 1. The number of benzene rings is 2. The van der Waals surface area contributed by atoms with Crippen LogP contribution in [0.15, 0.2) is 54.6 Å². The van der Waals surface area contributed by atoms with Crippen molar-refractivity contribution in [3.8, 4) is 0 Å². The molecule has 0 aliphatic rings. The van der Waals surface area contributed by atoms with Crippen LogP contribution in [0.3, 0.4) is 0 Å². The lowest BCUT2D eigenvalue weighted by Gasteiger charge is -2.26. The van der Waals surface area contributed by atoms with Crippen LogP contribution in [0.1, 0.15) is 26.0 Å². The molecule has 3 atom stereocenters. The zero-order valence-electron chi connectivity index (χ0n) is 18.4. The maximum Gasteiger partial charge on any atom is 0.271 e. The number of nitrogens with zero attached hydrogens (tertiary/aromatic N) is 1. The number of carbonyl (C=O) groups excluding carboxylic acids is 2. The molecule has 0 saturated heterocycles. The molecule has 10 nitrogen and oxygen atoms in total. The second kappa shape index (κ2) is 10.6. The molecule has 0 spiro atoms. The quantitative estimate of drug-likeness (QED) is 0.181. The first kappa shape index (κ1) is 23.7. The second-order valence-corrected chi connectivity index (χ2v) is 7.94. The van der Waals surface area contributed by atoms with Gasteiger partial charge in [-0.1, -0.05) is 44.5 Å². The second-order valence-electron chi connectivity index (χ2n) is 7.94. The summed E-state index contributed by atoms with van der Waals surface area (Å²) in [5, 5.41) is 27.0. The summed E-state index contributed by atoms with van der Waals surface area (Å²) >= 11 is 0. The summed E-state index contributed by atoms with van der Waals surface area (Å²) in [5.41, 5.74) is 3.55. The molecule has 5 N–H and O–H groups in total. The first-order chi connectivity index (χ1) is 15.8. The van der Waals surface area contributed by atoms with E-state index in [4.69, 9.17) is 0 Å². The van der Waals surface area contributed by atoms with Gasteiger partial charge in [0.05, 0.1) is 4.92 Å². The number of aromatic amines is 1. The predicted molar refractivity (Wildman–Crippen MR) is 124 cm³/mol. The summed E-state index contributed by atoms with van der Waals surface area (Å²) < 4.78 is 0. The van der Waals surface area contributed by atoms with E-state index in [2.05, 4.69) is 15.6 Å². The molecule has 3 rings (SSSR count). The Morgan fingerprint density at radius 1 is 1.12 bits per heavy atom. The summed E-state index contributed by atoms with van der Waals surface area (Å²) in [5.74, 6) is -1.35. The van der Waals surface area contributed by atoms with Crippen molar-refractivity contribution < 1.29 is 19.7 Å². The summed E-state index contributed by atoms with van der Waals surface area (Å²) in [6.07, 6.45) is 0.787. The molecule has 10 heteroatoms. The van der Waals surface area contributed by atoms with E-state index in [0.717, 1.165) is 16.6 Å². The molecule has 174 valence electrons. The van der Waals surface area contributed by atoms with Gasteiger partial charge in [-0.05, 0) is 29.5 Å². The molecule has 2 amide bonds. The van der Waals surface area contributed by atoms with Gasteiger partial charge in [0.15, 0.2) is 0 Å². The van der Waals surface area contributed by atoms with Gasteiger partial charge in [0, 0.05) is 35.5 Å². The minimum Gasteiger partial charge on any atom is -0.373 e. The minimum absolute atomic E-state index is 0.0975. The Bertz CT molecular complexity index is 1110. The Hall–Kier alpha value is -3.92. The number of nitro groups is 1. The van der Waals surface area contributed by atoms with Crippen LogP contribution in [0, 0.1) is 16.0 Å². The Morgan fingerprint density at radius 3 is 2.55 bits per heavy atom. The molecule has 0 unspecified atom stereocenters. The lowest BCUT2D eigenvalue weighted by Crippen LogP contribution is -2.53. The van der Waals surface area contributed by atoms with Gasteiger partial charge in [-0.15, -0.1) is 0 Å². The van der Waals surface area contributed by atoms with E-state index < -0.39 is 28.8 Å². The summed E-state index contributed by atoms with van der Waals surface area (Å²) in [7, 11) is 0. The van der Waals surface area contributed by atoms with E-state index in [0.29, 0.717) is 12.1 Å². The number of H-pyrrole nitrogens is 1. The van der Waals surface area contributed by atoms with Crippen LogP contribution in [0.4, 0.5) is 11.4 Å². The van der Waals surface area contributed by atoms with Crippen molar-refractivity contribution in [3.05, 3.63) is 70.4 Å². The molecular formula is C23H27N5O5. The van der Waals surface area contributed by atoms with Crippen LogP contribution in [0.2, 0.25) is 0 Å². The first-order valence-corrected chi connectivity index (χ1v) is 10.6. The highest BCUT2D eigenvalue weighted by atomic mass is 16.6. The molecule has 2 aromatic carbocycles. The Balaban J connectivity index is 1.80. The standard InChI is InChI=1S/C23H27N5O5/c1-3-14(2)21(25-16-8-6-9-18(12-16)28(32)33)23(30)26-20(22(29)27-31)13-17-11-15-7-4-5-10-19(15)24-17/h4-12,14,20-21,24-25,31H,3,13H2,1-2H3,(H,26,30)(H,27,29)/t14-,20+,21+/m0/s1. The normalized spacial score (nSPS) is 13.7. The van der Waals surface area contributed by atoms with E-state index in [-0.39, 0.29) is 18.0 Å². The molecular weight excluding hydrogens is 426 g/mol. The van der Waals surface area contributed by atoms with Gasteiger partial charge in [0.2, 0.25) is 5.91 Å². The van der Waals surface area contributed by atoms with E-state index in [1.165, 1.54) is 18.2 Å². The maximum atomic E-state index is 13.2. The van der Waals surface area contributed by atoms with E-state index in [9.17, 15) is 24.9 Å². The molecule has 1 aromatic heterocycles. The highest BCUT2D eigenvalue weighted by molar-refractivity contribution is 5.91. The van der Waals surface area contributed by atoms with Crippen molar-refractivity contribution in [1.29, 1.82) is 0 Å². The SMILES string of the molecule is CC[C@H](C)[C@@H](Nc1cccc([N+](=O)[O-])c1)C(=O)N[C@H](Cc1cc2ccccc2[nH]1)C(=O)NO. The van der Waals surface area contributed by atoms with Gasteiger partial charge in [-0.2, -0.15) is 0 Å². The summed E-state index contributed by atoms with van der Waals surface area (Å²) in [6, 6.07) is 13.6. The number of nitro benzene ring substituents is 1. The summed E-state index contributed by atoms with van der Waals surface area (Å²) in [6.45, 7) is 3.79. The van der Waals surface area contributed by atoms with Crippen molar-refractivity contribution in [2.24, 2.45) is 5.92 Å². The Labute approximate surface area is 190 Å². The fourth-order valence-corrected chi connectivity index (χ4v) is 3.60. The molecule has 0 saturated carbocycles. The number of hydrogen-bond donors (Lipinski definition) is 5. The van der Waals surface area contributed by atoms with E-state index in [1.54, 1.807) is 11.5 Å². The van der Waals surface area contributed by atoms with Crippen molar-refractivity contribution in [2.75, 3.05) is 5.32 Å². The van der Waals surface area contributed by atoms with Gasteiger partial charge in [0.1, 0.15) is 12.1 Å². The minimum atomic E-state index is -1.03. The topological polar surface area (TPSA) is 149 Å². The van der Waals surface area contributed by atoms with Crippen molar-refractivity contribution in [3.63, 3.8) is 0 Å². The third-order valence-electron chi connectivity index (χ3n) is 5.63. The van der Waals surface area contributed by atoms with Gasteiger partial charge in [0.25, 0.3) is 11.6 Å². The van der Waals surface area contributed by atoms with Crippen molar-refractivity contribution in [2.45, 2.75) is 38.8 Å². The van der Waals surface area contributed by atoms with Crippen molar-refractivity contribution in [1.82, 2.24) is 15.8 Å². The van der Waals surface area contributed by atoms with E-state index in [1.807, 2.05) is 44.2 Å². The average molecular weight is 453 g/mol. The zero-order valence-corrected chi connectivity index (χ0v) is 18.4. The number of non-ortho nitro benzene ring substituents is 1. The first-order valence-electron chi connectivity index (χ1n) is 10.6. The number of aromatic nitrogens is 1. The largest absolute Gasteiger partial charge is 0.373 e. The van der Waals surface area contributed by atoms with Crippen LogP contribution in [0.5, 0.6) is 0 Å². The number of para-hydroxylation sites is 1. The Kier molecular flexibility index (Phi) is 7.62. The average Bonchev–Trinajstić information content (AvgIpc) is 3.23. The highest BCUT2D eigenvalue weighted by Crippen LogP contribution is 2.21. The number of amides is 2. The smallest absolute Gasteiger partial charge is 0.271 e. The monoisotopic (exact) mass is 453 g/mol. The van der Waals surface area contributed by atoms with Crippen LogP contribution < -0.4 is 16.1 Å². The van der Waals surface area contributed by atoms with E-state index >= 15 is 0 Å². The number of hydrogen-bond acceptors (Lipinski definition) is 6. The maximum absolute atomic E-state index is 13.2. The van der Waals surface area contributed by atoms with Crippen LogP contribution in [-0.2, 0) is 16.0 Å². The van der Waals surface area contributed by atoms with Crippen molar-refractivity contribution >= 4 is 34.1 Å². The Morgan fingerprint density at radius 2 is 1.88 bits per heavy atom. The molecule has 0 aliphatic heterocycles. The summed E-state index contributed by atoms with van der Waals surface area (Å²) in [4.78, 5) is 39.3. The molecule has 1 heterocycles.